The fourth-order valence-electron chi connectivity index (χ4n) is 4.78. The van der Waals surface area contributed by atoms with Crippen molar-refractivity contribution in [3.8, 4) is 0 Å². The third-order valence-electron chi connectivity index (χ3n) is 5.68. The molecule has 1 aromatic rings. The number of hydrogen-bond acceptors (Lipinski definition) is 2. The molecule has 1 saturated carbocycles. The number of carbonyl (C=O) groups excluding carboxylic acids is 1. The summed E-state index contributed by atoms with van der Waals surface area (Å²) in [6, 6.07) is 9.32. The van der Waals surface area contributed by atoms with Gasteiger partial charge in [0.25, 0.3) is 0 Å². The predicted molar refractivity (Wildman–Crippen MR) is 87.4 cm³/mol. The first-order chi connectivity index (χ1) is 10.5. The van der Waals surface area contributed by atoms with E-state index in [1.165, 1.54) is 25.9 Å². The molecule has 0 spiro atoms. The maximum atomic E-state index is 12.1. The Morgan fingerprint density at radius 3 is 2.59 bits per heavy atom. The molecule has 0 radical (unpaired) electrons. The molecule has 0 bridgehead atoms. The summed E-state index contributed by atoms with van der Waals surface area (Å²) in [5, 5.41) is 0. The number of benzene rings is 1. The van der Waals surface area contributed by atoms with E-state index in [0.29, 0.717) is 24.0 Å². The van der Waals surface area contributed by atoms with Gasteiger partial charge in [-0.05, 0) is 30.9 Å². The fourth-order valence-corrected chi connectivity index (χ4v) is 4.78. The highest BCUT2D eigenvalue weighted by atomic mass is 16.5. The molecule has 3 nitrogen and oxygen atoms in total. The van der Waals surface area contributed by atoms with Gasteiger partial charge >= 0.3 is 5.97 Å². The van der Waals surface area contributed by atoms with E-state index in [1.807, 2.05) is 30.3 Å². The zero-order valence-corrected chi connectivity index (χ0v) is 14.0. The Balaban J connectivity index is 1.60. The van der Waals surface area contributed by atoms with Crippen molar-refractivity contribution in [3.63, 3.8) is 0 Å². The number of fused-ring (bicyclic) bond motifs is 1. The van der Waals surface area contributed by atoms with Gasteiger partial charge in [-0.1, -0.05) is 25.1 Å². The van der Waals surface area contributed by atoms with Gasteiger partial charge in [-0.3, -0.25) is 0 Å². The van der Waals surface area contributed by atoms with Crippen LogP contribution in [-0.2, 0) is 4.74 Å². The maximum absolute atomic E-state index is 12.1. The second-order valence-corrected chi connectivity index (χ2v) is 7.91. The van der Waals surface area contributed by atoms with E-state index in [2.05, 4.69) is 21.0 Å². The molecule has 1 saturated heterocycles. The van der Waals surface area contributed by atoms with Gasteiger partial charge in [0.2, 0.25) is 0 Å². The molecule has 1 aromatic carbocycles. The van der Waals surface area contributed by atoms with Gasteiger partial charge in [0.05, 0.1) is 39.4 Å². The average Bonchev–Trinajstić information content (AvgIpc) is 2.87. The molecular formula is C19H28NO2+. The van der Waals surface area contributed by atoms with Crippen molar-refractivity contribution in [1.82, 2.24) is 0 Å². The van der Waals surface area contributed by atoms with Crippen LogP contribution in [0.25, 0.3) is 0 Å². The Morgan fingerprint density at radius 2 is 1.86 bits per heavy atom. The summed E-state index contributed by atoms with van der Waals surface area (Å²) in [7, 11) is 4.66. The second-order valence-electron chi connectivity index (χ2n) is 7.91. The predicted octanol–water partition coefficient (Wildman–Crippen LogP) is 3.21. The molecule has 0 amide bonds. The van der Waals surface area contributed by atoms with Crippen LogP contribution in [0.2, 0.25) is 0 Å². The standard InChI is InChI=1S/C19H28NO2/c1-14-11-20(2,3)12-18-16(9-10-17(14)18)13-22-19(21)15-7-5-4-6-8-15/h4-8,14,16-18H,9-13H2,1-3H3/q+1/t14-,16-,17+,18-/m1/s1. The number of rotatable bonds is 3. The molecule has 3 heteroatoms. The smallest absolute Gasteiger partial charge is 0.338 e. The highest BCUT2D eigenvalue weighted by Gasteiger charge is 2.47. The van der Waals surface area contributed by atoms with Crippen LogP contribution in [0.1, 0.15) is 30.1 Å². The molecule has 1 aliphatic carbocycles. The van der Waals surface area contributed by atoms with Crippen molar-refractivity contribution < 1.29 is 14.0 Å². The Kier molecular flexibility index (Phi) is 4.26. The molecule has 4 atom stereocenters. The number of likely N-dealkylation sites (tertiary alicyclic amines) is 1. The van der Waals surface area contributed by atoms with Crippen LogP contribution in [0.4, 0.5) is 0 Å². The Labute approximate surface area is 133 Å². The first kappa shape index (κ1) is 15.5. The monoisotopic (exact) mass is 302 g/mol. The van der Waals surface area contributed by atoms with Crippen LogP contribution in [0, 0.1) is 23.7 Å². The number of hydrogen-bond donors (Lipinski definition) is 0. The lowest BCUT2D eigenvalue weighted by atomic mass is 9.77. The number of ether oxygens (including phenoxy) is 1. The van der Waals surface area contributed by atoms with E-state index in [0.717, 1.165) is 16.3 Å². The van der Waals surface area contributed by atoms with Crippen LogP contribution in [0.15, 0.2) is 30.3 Å². The number of esters is 1. The van der Waals surface area contributed by atoms with Crippen LogP contribution in [0.3, 0.4) is 0 Å². The molecule has 22 heavy (non-hydrogen) atoms. The largest absolute Gasteiger partial charge is 0.462 e. The lowest BCUT2D eigenvalue weighted by molar-refractivity contribution is -0.904. The van der Waals surface area contributed by atoms with Gasteiger partial charge in [-0.25, -0.2) is 4.79 Å². The number of quaternary nitrogens is 1. The van der Waals surface area contributed by atoms with Crippen LogP contribution in [-0.4, -0.2) is 44.2 Å². The van der Waals surface area contributed by atoms with E-state index in [1.54, 1.807) is 0 Å². The van der Waals surface area contributed by atoms with Crippen molar-refractivity contribution in [1.29, 1.82) is 0 Å². The molecule has 0 N–H and O–H groups in total. The molecule has 120 valence electrons. The summed E-state index contributed by atoms with van der Waals surface area (Å²) < 4.78 is 6.72. The van der Waals surface area contributed by atoms with Gasteiger partial charge < -0.3 is 9.22 Å². The van der Waals surface area contributed by atoms with Gasteiger partial charge in [0.1, 0.15) is 0 Å². The molecule has 2 fully saturated rings. The summed E-state index contributed by atoms with van der Waals surface area (Å²) in [4.78, 5) is 12.1. The summed E-state index contributed by atoms with van der Waals surface area (Å²) in [6.45, 7) is 5.48. The highest BCUT2D eigenvalue weighted by molar-refractivity contribution is 5.89. The Hall–Kier alpha value is -1.35. The minimum Gasteiger partial charge on any atom is -0.462 e. The zero-order chi connectivity index (χ0) is 15.7. The Bertz CT molecular complexity index is 525. The minimum absolute atomic E-state index is 0.179. The highest BCUT2D eigenvalue weighted by Crippen LogP contribution is 2.45. The quantitative estimate of drug-likeness (QED) is 0.633. The summed E-state index contributed by atoms with van der Waals surface area (Å²) in [5.41, 5.74) is 0.658. The van der Waals surface area contributed by atoms with E-state index in [4.69, 9.17) is 4.74 Å². The van der Waals surface area contributed by atoms with Gasteiger partial charge in [0, 0.05) is 17.8 Å². The number of carbonyl (C=O) groups is 1. The van der Waals surface area contributed by atoms with Crippen molar-refractivity contribution in [2.75, 3.05) is 33.8 Å². The first-order valence-corrected chi connectivity index (χ1v) is 8.50. The molecule has 1 aliphatic heterocycles. The van der Waals surface area contributed by atoms with Crippen LogP contribution in [0.5, 0.6) is 0 Å². The topological polar surface area (TPSA) is 26.3 Å². The Morgan fingerprint density at radius 1 is 1.14 bits per heavy atom. The molecule has 3 rings (SSSR count). The van der Waals surface area contributed by atoms with Gasteiger partial charge in [0.15, 0.2) is 0 Å². The maximum Gasteiger partial charge on any atom is 0.338 e. The van der Waals surface area contributed by atoms with Gasteiger partial charge in [-0.2, -0.15) is 0 Å². The van der Waals surface area contributed by atoms with Crippen molar-refractivity contribution >= 4 is 5.97 Å². The fraction of sp³-hybridized carbons (Fsp3) is 0.632. The zero-order valence-electron chi connectivity index (χ0n) is 14.0. The van der Waals surface area contributed by atoms with Gasteiger partial charge in [-0.15, -0.1) is 0 Å². The van der Waals surface area contributed by atoms with E-state index < -0.39 is 0 Å². The number of nitrogens with zero attached hydrogens (tertiary/aromatic N) is 1. The van der Waals surface area contributed by atoms with Crippen molar-refractivity contribution in [2.45, 2.75) is 19.8 Å². The van der Waals surface area contributed by atoms with E-state index in [-0.39, 0.29) is 5.97 Å². The second kappa shape index (κ2) is 6.04. The van der Waals surface area contributed by atoms with E-state index in [9.17, 15) is 4.79 Å². The molecule has 0 unspecified atom stereocenters. The molecular weight excluding hydrogens is 274 g/mol. The summed E-state index contributed by atoms with van der Waals surface area (Å²) in [6.07, 6.45) is 2.52. The third kappa shape index (κ3) is 3.19. The SMILES string of the molecule is C[C@@H]1C[N+](C)(C)C[C@@H]2[C@@H](COC(=O)c3ccccc3)CC[C@H]21. The van der Waals surface area contributed by atoms with Crippen molar-refractivity contribution in [3.05, 3.63) is 35.9 Å². The first-order valence-electron chi connectivity index (χ1n) is 8.50. The summed E-state index contributed by atoms with van der Waals surface area (Å²) in [5.74, 6) is 2.68. The van der Waals surface area contributed by atoms with Crippen LogP contribution < -0.4 is 0 Å². The number of piperidine rings is 1. The van der Waals surface area contributed by atoms with E-state index >= 15 is 0 Å². The normalized spacial score (nSPS) is 33.2. The third-order valence-corrected chi connectivity index (χ3v) is 5.68. The average molecular weight is 302 g/mol. The lowest BCUT2D eigenvalue weighted by Gasteiger charge is -2.44. The molecule has 0 aromatic heterocycles. The molecule has 1 heterocycles. The van der Waals surface area contributed by atoms with Crippen LogP contribution >= 0.6 is 0 Å². The lowest BCUT2D eigenvalue weighted by Crippen LogP contribution is -2.54. The molecule has 2 aliphatic rings. The van der Waals surface area contributed by atoms with Crippen molar-refractivity contribution in [2.24, 2.45) is 23.7 Å². The summed E-state index contributed by atoms with van der Waals surface area (Å²) >= 11 is 0. The minimum atomic E-state index is -0.179.